The highest BCUT2D eigenvalue weighted by molar-refractivity contribution is 5.79. The Balaban J connectivity index is 0.000000225. The maximum Gasteiger partial charge on any atom is 0.0955 e. The molecule has 117 heavy (non-hydrogen) atoms. The molecule has 8 fully saturated rings. The quantitative estimate of drug-likeness (QED) is 0.152. The van der Waals surface area contributed by atoms with Crippen LogP contribution in [0.1, 0.15) is 83.6 Å². The summed E-state index contributed by atoms with van der Waals surface area (Å²) in [6.07, 6.45) is 37.0. The van der Waals surface area contributed by atoms with Crippen LogP contribution in [0.4, 0.5) is 11.4 Å². The van der Waals surface area contributed by atoms with E-state index in [-0.39, 0.29) is 0 Å². The Kier molecular flexibility index (Phi) is 53.2. The Morgan fingerprint density at radius 2 is 0.863 bits per heavy atom. The van der Waals surface area contributed by atoms with Crippen LogP contribution in [0.2, 0.25) is 0 Å². The Hall–Kier alpha value is -7.22. The minimum absolute atomic E-state index is 0.913. The van der Waals surface area contributed by atoms with Crippen molar-refractivity contribution in [3.63, 3.8) is 0 Å². The molecule has 11 aliphatic heterocycles. The number of piperidine rings is 3. The second kappa shape index (κ2) is 62.0. The topological polar surface area (TPSA) is 118 Å². The van der Waals surface area contributed by atoms with Crippen LogP contribution in [0.3, 0.4) is 0 Å². The van der Waals surface area contributed by atoms with Crippen LogP contribution in [0.5, 0.6) is 0 Å². The van der Waals surface area contributed by atoms with Crippen molar-refractivity contribution in [2.45, 2.75) is 84.5 Å². The van der Waals surface area contributed by atoms with E-state index in [2.05, 4.69) is 304 Å². The Morgan fingerprint density at radius 3 is 1.26 bits per heavy atom. The maximum absolute atomic E-state index is 5.10. The summed E-state index contributed by atoms with van der Waals surface area (Å²) in [6.45, 7) is 38.0. The molecule has 21 nitrogen and oxygen atoms in total. The van der Waals surface area contributed by atoms with Gasteiger partial charge in [-0.1, -0.05) is 105 Å². The van der Waals surface area contributed by atoms with Crippen molar-refractivity contribution in [3.05, 3.63) is 195 Å². The number of likely N-dealkylation sites (tertiary alicyclic amines) is 3. The average Bonchev–Trinajstić information content (AvgIpc) is 1.74. The van der Waals surface area contributed by atoms with Crippen LogP contribution in [0.25, 0.3) is 21.9 Å². The number of benzene rings is 4. The number of imidazole rings is 2. The molecule has 0 bridgehead atoms. The third-order valence-corrected chi connectivity index (χ3v) is 22.4. The number of para-hydroxylation sites is 5. The van der Waals surface area contributed by atoms with Gasteiger partial charge in [0.05, 0.1) is 36.9 Å². The van der Waals surface area contributed by atoms with Crippen molar-refractivity contribution in [2.75, 3.05) is 271 Å². The minimum atomic E-state index is 0.913. The summed E-state index contributed by atoms with van der Waals surface area (Å²) in [5.74, 6) is 1.95. The van der Waals surface area contributed by atoms with Gasteiger partial charge in [0.2, 0.25) is 0 Å². The first-order valence-corrected chi connectivity index (χ1v) is 44.2. The third-order valence-electron chi connectivity index (χ3n) is 22.4. The zero-order chi connectivity index (χ0) is 84.5. The van der Waals surface area contributed by atoms with Gasteiger partial charge < -0.3 is 87.5 Å². The fraction of sp³-hybridized carbons (Fsp3) is 0.604. The molecule has 15 heterocycles. The van der Waals surface area contributed by atoms with Crippen molar-refractivity contribution in [1.29, 1.82) is 0 Å². The monoisotopic (exact) mass is 1610 g/mol. The highest BCUT2D eigenvalue weighted by atomic mass is 16.5. The number of aryl methyl sites for hydroxylation is 4. The van der Waals surface area contributed by atoms with E-state index in [9.17, 15) is 0 Å². The van der Waals surface area contributed by atoms with Crippen LogP contribution >= 0.6 is 0 Å². The molecule has 8 saturated heterocycles. The second-order valence-corrected chi connectivity index (χ2v) is 33.5. The molecule has 4 aromatic carbocycles. The van der Waals surface area contributed by atoms with E-state index in [1.807, 2.05) is 90.1 Å². The summed E-state index contributed by atoms with van der Waals surface area (Å²) in [5.41, 5.74) is 7.79. The van der Waals surface area contributed by atoms with Gasteiger partial charge in [-0.25, -0.2) is 9.97 Å². The standard InChI is InChI=1S/C11H16N2.C9H11N.C9H9N.C8H8N2.C7H15N.C6H14N2.2C6H13N.C5H12N2.C5H11NO.C5H11N.2C5H9N.C5H7N.C4H6N2/c1-12-7-9-13(10-8-12)11-5-3-2-4-6-11;2*1-10-7-6-8-4-2-3-5-9(8)10;1-10-6-9-7-4-2-3-5-8(7)10;2*1-7-3-5-8(2)6-4-7;1-6-2-4-7-5-3-6;1-7-5-3-2-4-6-7;1-7-4-2-6-3-5-7;1-6-2-4-7-5-3-6;4*1-6-4-2-3-5-6;1-6-3-2-5-4-6/h2-6H,7-10H2,1H3;2-5H,6-7H2,1H3;2-7H,1H3;2-6H,1H3;7H,3-6H2,1-2H3;3-6H2,1-2H3;6-7H,2-5H2,1H3;2-6H2,1H3;6H,2-5H2,1H3;2-5H2,1H3;2-5H2,1H3;2,4H,3,5H2,1H3;2-3H,4-5H2,1H3;2-5H,1H3;2-4H,1H3. The normalized spacial score (nSPS) is 19.3. The van der Waals surface area contributed by atoms with Gasteiger partial charge in [-0.3, -0.25) is 4.90 Å². The highest BCUT2D eigenvalue weighted by Crippen LogP contribution is 2.25. The molecule has 4 aromatic heterocycles. The van der Waals surface area contributed by atoms with E-state index < -0.39 is 0 Å². The number of hydrogen-bond acceptors (Lipinski definition) is 17. The fourth-order valence-corrected chi connectivity index (χ4v) is 13.8. The lowest BCUT2D eigenvalue weighted by Crippen LogP contribution is -2.44. The molecule has 0 saturated carbocycles. The Labute approximate surface area is 712 Å². The summed E-state index contributed by atoms with van der Waals surface area (Å²) in [4.78, 5) is 36.0. The number of hydrogen-bond donors (Lipinski definition) is 2. The van der Waals surface area contributed by atoms with Crippen molar-refractivity contribution >= 4 is 33.3 Å². The molecule has 654 valence electrons. The predicted molar refractivity (Wildman–Crippen MR) is 504 cm³/mol. The highest BCUT2D eigenvalue weighted by Gasteiger charge is 2.16. The molecular weight excluding hydrogens is 1450 g/mol. The van der Waals surface area contributed by atoms with Gasteiger partial charge in [-0.05, 0) is 264 Å². The number of fused-ring (bicyclic) bond motifs is 3. The van der Waals surface area contributed by atoms with Crippen LogP contribution in [0.15, 0.2) is 189 Å². The van der Waals surface area contributed by atoms with Crippen molar-refractivity contribution in [3.8, 4) is 0 Å². The number of aromatic nitrogens is 6. The molecular formula is C96H164N20O. The first-order chi connectivity index (χ1) is 56.6. The SMILES string of the molecule is CC1CCN(C)CC1.CC1CCNCC1.CN1C=CCC1.CN1CC=CC1.CN1CCCC1.CN1CCCCC1.CN1CCN(C)CC1.CN1CCN(c2ccccc2)CC1.CN1CCNCC1.CN1CCOCC1.CN1CCc2ccccc21.Cn1ccc2ccccc21.Cn1cccc1.Cn1ccnc1.Cn1cnc2ccccc21. The van der Waals surface area contributed by atoms with Crippen molar-refractivity contribution in [2.24, 2.45) is 40.0 Å². The molecule has 0 atom stereocenters. The van der Waals surface area contributed by atoms with Crippen LogP contribution in [-0.2, 0) is 39.3 Å². The number of anilines is 2. The molecule has 0 aliphatic carbocycles. The number of piperazine rings is 3. The van der Waals surface area contributed by atoms with Gasteiger partial charge in [0.15, 0.2) is 0 Å². The number of rotatable bonds is 1. The summed E-state index contributed by atoms with van der Waals surface area (Å²) in [6, 6.07) is 41.8. The number of nitrogens with one attached hydrogen (secondary N) is 2. The lowest BCUT2D eigenvalue weighted by molar-refractivity contribution is 0.0503. The summed E-state index contributed by atoms with van der Waals surface area (Å²) in [7, 11) is 31.7. The van der Waals surface area contributed by atoms with E-state index >= 15 is 0 Å². The van der Waals surface area contributed by atoms with Gasteiger partial charge in [0.1, 0.15) is 0 Å². The molecule has 0 unspecified atom stereocenters. The number of nitrogens with zero attached hydrogens (tertiary/aromatic N) is 18. The van der Waals surface area contributed by atoms with Gasteiger partial charge in [0.25, 0.3) is 0 Å². The smallest absolute Gasteiger partial charge is 0.0955 e. The molecule has 0 spiro atoms. The first kappa shape index (κ1) is 100. The van der Waals surface area contributed by atoms with Gasteiger partial charge >= 0.3 is 0 Å². The molecule has 11 aliphatic rings. The first-order valence-electron chi connectivity index (χ1n) is 44.2. The molecule has 2 N–H and O–H groups in total. The van der Waals surface area contributed by atoms with Crippen molar-refractivity contribution in [1.82, 2.24) is 87.9 Å². The molecule has 21 heteroatoms. The van der Waals surface area contributed by atoms with Gasteiger partial charge in [0, 0.05) is 208 Å². The Morgan fingerprint density at radius 1 is 0.368 bits per heavy atom. The van der Waals surface area contributed by atoms with E-state index in [1.165, 1.54) is 222 Å². The van der Waals surface area contributed by atoms with Crippen molar-refractivity contribution < 1.29 is 4.74 Å². The van der Waals surface area contributed by atoms with Crippen LogP contribution in [-0.4, -0.2) is 338 Å². The largest absolute Gasteiger partial charge is 0.380 e. The zero-order valence-electron chi connectivity index (χ0n) is 76.6. The number of ether oxygens (including phenoxy) is 1. The summed E-state index contributed by atoms with van der Waals surface area (Å²) in [5, 5.41) is 7.90. The zero-order valence-corrected chi connectivity index (χ0v) is 76.6. The third kappa shape index (κ3) is 47.4. The molecule has 0 amide bonds. The van der Waals surface area contributed by atoms with E-state index in [0.717, 1.165) is 82.9 Å². The molecule has 0 radical (unpaired) electrons. The van der Waals surface area contributed by atoms with E-state index in [1.54, 1.807) is 12.5 Å². The average molecular weight is 1610 g/mol. The maximum atomic E-state index is 5.10. The van der Waals surface area contributed by atoms with Crippen LogP contribution in [0, 0.1) is 11.8 Å². The van der Waals surface area contributed by atoms with Crippen LogP contribution < -0.4 is 20.4 Å². The lowest BCUT2D eigenvalue weighted by atomic mass is 10.00. The summed E-state index contributed by atoms with van der Waals surface area (Å²) < 4.78 is 13.1. The van der Waals surface area contributed by atoms with Gasteiger partial charge in [-0.15, -0.1) is 0 Å². The van der Waals surface area contributed by atoms with E-state index in [4.69, 9.17) is 4.74 Å². The second-order valence-electron chi connectivity index (χ2n) is 33.5. The summed E-state index contributed by atoms with van der Waals surface area (Å²) >= 11 is 0. The van der Waals surface area contributed by atoms with E-state index in [0.29, 0.717) is 0 Å². The number of morpholine rings is 1. The van der Waals surface area contributed by atoms with Gasteiger partial charge in [-0.2, -0.15) is 0 Å². The molecule has 19 rings (SSSR count). The lowest BCUT2D eigenvalue weighted by Gasteiger charge is -2.33. The minimum Gasteiger partial charge on any atom is -0.380 e. The molecule has 8 aromatic rings. The fourth-order valence-electron chi connectivity index (χ4n) is 13.8. The number of likely N-dealkylation sites (N-methyl/N-ethyl adjacent to an activating group) is 7. The Bertz CT molecular complexity index is 3420. The predicted octanol–water partition coefficient (Wildman–Crippen LogP) is 13.1.